The fourth-order valence-electron chi connectivity index (χ4n) is 9.74. The van der Waals surface area contributed by atoms with Gasteiger partial charge in [0.05, 0.1) is 22.4 Å². The van der Waals surface area contributed by atoms with Gasteiger partial charge in [0.1, 0.15) is 0 Å². The Balaban J connectivity index is 1.01. The van der Waals surface area contributed by atoms with E-state index in [1.165, 1.54) is 77.1 Å². The Bertz CT molecular complexity index is 3680. The molecule has 0 atom stereocenters. The minimum atomic E-state index is 1.07. The van der Waals surface area contributed by atoms with Crippen LogP contribution in [0.4, 0.5) is 17.1 Å². The summed E-state index contributed by atoms with van der Waals surface area (Å²) in [7, 11) is 0. The van der Waals surface area contributed by atoms with Crippen LogP contribution in [0, 0.1) is 0 Å². The van der Waals surface area contributed by atoms with Crippen LogP contribution in [0.15, 0.2) is 267 Å². The number of benzene rings is 11. The van der Waals surface area contributed by atoms with Gasteiger partial charge in [-0.15, -0.1) is 0 Å². The summed E-state index contributed by atoms with van der Waals surface area (Å²) in [4.78, 5) is 2.42. The molecule has 0 N–H and O–H groups in total. The third kappa shape index (κ3) is 7.12. The Morgan fingerprint density at radius 2 is 0.727 bits per heavy atom. The lowest BCUT2D eigenvalue weighted by molar-refractivity contribution is 1.18. The van der Waals surface area contributed by atoms with Crippen LogP contribution in [0.2, 0.25) is 0 Å². The van der Waals surface area contributed by atoms with Crippen LogP contribution in [0.25, 0.3) is 93.9 Å². The summed E-state index contributed by atoms with van der Waals surface area (Å²) in [5.41, 5.74) is 18.5. The lowest BCUT2D eigenvalue weighted by atomic mass is 9.97. The minimum Gasteiger partial charge on any atom is -0.310 e. The van der Waals surface area contributed by atoms with Gasteiger partial charge >= 0.3 is 0 Å². The standard InChI is InChI=1S/C64H44N2/c1-3-16-45(17-4-1)51-22-15-23-52(42-51)48-32-37-55(38-33-48)65(56-39-34-49(35-40-56)53-31-30-47-20-7-8-21-50(47)43-53)61-27-12-9-24-57(61)58-25-10-13-28-62(58)66-63-29-14-11-26-59(63)60-41-36-54(44-64(60)66)46-18-5-2-6-19-46/h1-44H. The van der Waals surface area contributed by atoms with Crippen molar-refractivity contribution in [1.29, 1.82) is 0 Å². The lowest BCUT2D eigenvalue weighted by Gasteiger charge is -2.29. The monoisotopic (exact) mass is 840 g/mol. The van der Waals surface area contributed by atoms with Crippen molar-refractivity contribution in [2.75, 3.05) is 4.90 Å². The Kier molecular flexibility index (Phi) is 9.89. The van der Waals surface area contributed by atoms with Crippen molar-refractivity contribution in [2.24, 2.45) is 0 Å². The molecule has 2 nitrogen and oxygen atoms in total. The number of nitrogens with zero attached hydrogens (tertiary/aromatic N) is 2. The van der Waals surface area contributed by atoms with E-state index in [0.29, 0.717) is 0 Å². The fraction of sp³-hybridized carbons (Fsp3) is 0. The van der Waals surface area contributed by atoms with Crippen molar-refractivity contribution in [3.05, 3.63) is 267 Å². The number of hydrogen-bond acceptors (Lipinski definition) is 1. The molecule has 0 aliphatic rings. The van der Waals surface area contributed by atoms with Crippen LogP contribution in [0.5, 0.6) is 0 Å². The summed E-state index contributed by atoms with van der Waals surface area (Å²) >= 11 is 0. The summed E-state index contributed by atoms with van der Waals surface area (Å²) in [6, 6.07) is 97.0. The topological polar surface area (TPSA) is 8.17 Å². The molecule has 0 spiro atoms. The van der Waals surface area contributed by atoms with Crippen molar-refractivity contribution < 1.29 is 0 Å². The molecule has 0 fully saturated rings. The van der Waals surface area contributed by atoms with E-state index in [4.69, 9.17) is 0 Å². The van der Waals surface area contributed by atoms with Gasteiger partial charge in [-0.05, 0) is 116 Å². The molecule has 66 heavy (non-hydrogen) atoms. The van der Waals surface area contributed by atoms with Gasteiger partial charge in [0.15, 0.2) is 0 Å². The molecule has 1 aromatic heterocycles. The van der Waals surface area contributed by atoms with Crippen LogP contribution in [0.3, 0.4) is 0 Å². The maximum atomic E-state index is 2.46. The highest BCUT2D eigenvalue weighted by molar-refractivity contribution is 6.11. The van der Waals surface area contributed by atoms with Gasteiger partial charge in [-0.3, -0.25) is 0 Å². The zero-order chi connectivity index (χ0) is 43.8. The highest BCUT2D eigenvalue weighted by Gasteiger charge is 2.22. The molecule has 0 radical (unpaired) electrons. The van der Waals surface area contributed by atoms with Crippen molar-refractivity contribution in [3.8, 4) is 61.3 Å². The molecule has 0 saturated heterocycles. The molecule has 0 aliphatic heterocycles. The minimum absolute atomic E-state index is 1.07. The lowest BCUT2D eigenvalue weighted by Crippen LogP contribution is -2.11. The maximum absolute atomic E-state index is 2.46. The van der Waals surface area contributed by atoms with E-state index in [1.807, 2.05) is 0 Å². The highest BCUT2D eigenvalue weighted by Crippen LogP contribution is 2.45. The SMILES string of the molecule is c1ccc(-c2cccc(-c3ccc(N(c4ccc(-c5ccc6ccccc6c5)cc4)c4ccccc4-c4ccccc4-n4c5ccccc5c5ccc(-c6ccccc6)cc54)cc3)c2)cc1. The first-order valence-corrected chi connectivity index (χ1v) is 22.7. The van der Waals surface area contributed by atoms with Crippen molar-refractivity contribution in [3.63, 3.8) is 0 Å². The van der Waals surface area contributed by atoms with Crippen molar-refractivity contribution >= 4 is 49.6 Å². The van der Waals surface area contributed by atoms with Gasteiger partial charge < -0.3 is 9.47 Å². The van der Waals surface area contributed by atoms with E-state index in [2.05, 4.69) is 276 Å². The van der Waals surface area contributed by atoms with E-state index in [1.54, 1.807) is 0 Å². The predicted octanol–water partition coefficient (Wildman–Crippen LogP) is 17.7. The third-order valence-electron chi connectivity index (χ3n) is 13.0. The predicted molar refractivity (Wildman–Crippen MR) is 280 cm³/mol. The highest BCUT2D eigenvalue weighted by atomic mass is 15.1. The van der Waals surface area contributed by atoms with Crippen molar-refractivity contribution in [2.45, 2.75) is 0 Å². The molecule has 12 rings (SSSR count). The molecule has 2 heteroatoms. The van der Waals surface area contributed by atoms with Crippen LogP contribution in [0.1, 0.15) is 0 Å². The number of para-hydroxylation sites is 3. The van der Waals surface area contributed by atoms with E-state index < -0.39 is 0 Å². The molecule has 0 saturated carbocycles. The van der Waals surface area contributed by atoms with Crippen molar-refractivity contribution in [1.82, 2.24) is 4.57 Å². The molecule has 12 aromatic rings. The second-order valence-electron chi connectivity index (χ2n) is 16.9. The first-order valence-electron chi connectivity index (χ1n) is 22.7. The summed E-state index contributed by atoms with van der Waals surface area (Å²) in [5, 5.41) is 4.95. The molecular formula is C64H44N2. The van der Waals surface area contributed by atoms with Crippen LogP contribution >= 0.6 is 0 Å². The average molecular weight is 841 g/mol. The summed E-state index contributed by atoms with van der Waals surface area (Å²) in [5.74, 6) is 0. The Hall–Kier alpha value is -8.72. The quantitative estimate of drug-likeness (QED) is 0.141. The normalized spacial score (nSPS) is 11.3. The molecular weight excluding hydrogens is 797 g/mol. The van der Waals surface area contributed by atoms with Crippen LogP contribution < -0.4 is 4.90 Å². The number of aromatic nitrogens is 1. The maximum Gasteiger partial charge on any atom is 0.0547 e. The second kappa shape index (κ2) is 16.8. The molecule has 1 heterocycles. The molecule has 0 aliphatic carbocycles. The summed E-state index contributed by atoms with van der Waals surface area (Å²) in [6.07, 6.45) is 0. The molecule has 0 unspecified atom stereocenters. The Labute approximate surface area is 385 Å². The number of fused-ring (bicyclic) bond motifs is 4. The van der Waals surface area contributed by atoms with Crippen LogP contribution in [-0.4, -0.2) is 4.57 Å². The first-order chi connectivity index (χ1) is 32.7. The van der Waals surface area contributed by atoms with Gasteiger partial charge in [-0.1, -0.05) is 206 Å². The summed E-state index contributed by atoms with van der Waals surface area (Å²) in [6.45, 7) is 0. The Morgan fingerprint density at radius 1 is 0.258 bits per heavy atom. The van der Waals surface area contributed by atoms with Gasteiger partial charge in [-0.25, -0.2) is 0 Å². The first kappa shape index (κ1) is 38.9. The summed E-state index contributed by atoms with van der Waals surface area (Å²) < 4.78 is 2.46. The smallest absolute Gasteiger partial charge is 0.0547 e. The zero-order valence-corrected chi connectivity index (χ0v) is 36.3. The van der Waals surface area contributed by atoms with E-state index in [-0.39, 0.29) is 0 Å². The molecule has 0 amide bonds. The second-order valence-corrected chi connectivity index (χ2v) is 16.9. The van der Waals surface area contributed by atoms with E-state index in [0.717, 1.165) is 33.9 Å². The van der Waals surface area contributed by atoms with E-state index >= 15 is 0 Å². The van der Waals surface area contributed by atoms with E-state index in [9.17, 15) is 0 Å². The molecule has 310 valence electrons. The Morgan fingerprint density at radius 3 is 1.42 bits per heavy atom. The average Bonchev–Trinajstić information content (AvgIpc) is 3.73. The largest absolute Gasteiger partial charge is 0.310 e. The number of hydrogen-bond donors (Lipinski definition) is 0. The van der Waals surface area contributed by atoms with Gasteiger partial charge in [0.25, 0.3) is 0 Å². The third-order valence-corrected chi connectivity index (χ3v) is 13.0. The van der Waals surface area contributed by atoms with Gasteiger partial charge in [0, 0.05) is 33.3 Å². The number of anilines is 3. The van der Waals surface area contributed by atoms with Gasteiger partial charge in [0.2, 0.25) is 0 Å². The molecule has 11 aromatic carbocycles. The van der Waals surface area contributed by atoms with Crippen LogP contribution in [-0.2, 0) is 0 Å². The number of rotatable bonds is 9. The van der Waals surface area contributed by atoms with Gasteiger partial charge in [-0.2, -0.15) is 0 Å². The fourth-order valence-corrected chi connectivity index (χ4v) is 9.74. The molecule has 0 bridgehead atoms. The zero-order valence-electron chi connectivity index (χ0n) is 36.3.